The Labute approximate surface area is 185 Å². The molecule has 0 aromatic carbocycles. The monoisotopic (exact) mass is 462 g/mol. The molecule has 0 saturated heterocycles. The van der Waals surface area contributed by atoms with E-state index in [2.05, 4.69) is 4.98 Å². The topological polar surface area (TPSA) is 126 Å². The van der Waals surface area contributed by atoms with Crippen molar-refractivity contribution in [1.82, 2.24) is 14.1 Å². The predicted octanol–water partition coefficient (Wildman–Crippen LogP) is 2.32. The minimum Gasteiger partial charge on any atom is -0.453 e. The first-order chi connectivity index (χ1) is 14.6. The van der Waals surface area contributed by atoms with Crippen LogP contribution in [0.5, 0.6) is 0 Å². The van der Waals surface area contributed by atoms with Crippen molar-refractivity contribution in [3.05, 3.63) is 53.8 Å². The number of Topliss-reactive ketones (excluding diaryl/α,β-unsaturated/α-hetero) is 1. The van der Waals surface area contributed by atoms with Crippen LogP contribution in [-0.4, -0.2) is 32.5 Å². The number of nitrogen functional groups attached to an aromatic ring is 1. The minimum absolute atomic E-state index is 0.0602. The second-order valence-electron chi connectivity index (χ2n) is 7.36. The predicted molar refractivity (Wildman–Crippen MR) is 120 cm³/mol. The molecule has 0 atom stereocenters. The van der Waals surface area contributed by atoms with E-state index in [0.717, 1.165) is 10.1 Å². The van der Waals surface area contributed by atoms with Gasteiger partial charge in [-0.15, -0.1) is 11.3 Å². The molecule has 9 nitrogen and oxygen atoms in total. The molecule has 3 rings (SSSR count). The molecule has 0 spiro atoms. The van der Waals surface area contributed by atoms with Gasteiger partial charge in [-0.05, 0) is 24.3 Å². The van der Waals surface area contributed by atoms with Gasteiger partial charge < -0.3 is 10.5 Å². The van der Waals surface area contributed by atoms with E-state index >= 15 is 0 Å². The molecule has 0 aliphatic heterocycles. The van der Waals surface area contributed by atoms with E-state index in [-0.39, 0.29) is 28.7 Å². The Morgan fingerprint density at radius 3 is 2.61 bits per heavy atom. The average molecular weight is 463 g/mol. The Morgan fingerprint density at radius 2 is 2.00 bits per heavy atom. The van der Waals surface area contributed by atoms with Crippen LogP contribution in [0.2, 0.25) is 0 Å². The number of ether oxygens (including phenoxy) is 1. The molecule has 0 radical (unpaired) electrons. The Kier molecular flexibility index (Phi) is 6.56. The summed E-state index contributed by atoms with van der Waals surface area (Å²) in [7, 11) is 1.27. The maximum absolute atomic E-state index is 12.7. The Bertz CT molecular complexity index is 1250. The number of rotatable bonds is 7. The summed E-state index contributed by atoms with van der Waals surface area (Å²) in [5, 5.41) is 4.50. The first-order valence-electron chi connectivity index (χ1n) is 9.41. The van der Waals surface area contributed by atoms with E-state index < -0.39 is 29.6 Å². The van der Waals surface area contributed by atoms with Crippen molar-refractivity contribution in [1.29, 1.82) is 0 Å². The van der Waals surface area contributed by atoms with Crippen molar-refractivity contribution in [2.24, 2.45) is 13.0 Å². The lowest BCUT2D eigenvalue weighted by molar-refractivity contribution is 0.0478. The molecule has 31 heavy (non-hydrogen) atoms. The van der Waals surface area contributed by atoms with Crippen LogP contribution in [0.25, 0.3) is 10.6 Å². The number of carbonyl (C=O) groups excluding carboxylic acids is 2. The largest absolute Gasteiger partial charge is 0.453 e. The zero-order valence-corrected chi connectivity index (χ0v) is 19.1. The number of nitrogens with two attached hydrogens (primary N) is 1. The molecule has 11 heteroatoms. The van der Waals surface area contributed by atoms with Crippen LogP contribution in [0.4, 0.5) is 5.82 Å². The van der Waals surface area contributed by atoms with E-state index in [9.17, 15) is 19.2 Å². The van der Waals surface area contributed by atoms with Crippen LogP contribution >= 0.6 is 22.7 Å². The number of aryl methyl sites for hydroxylation is 1. The normalized spacial score (nSPS) is 11.1. The van der Waals surface area contributed by atoms with E-state index in [0.29, 0.717) is 10.7 Å². The van der Waals surface area contributed by atoms with Crippen LogP contribution in [0.3, 0.4) is 0 Å². The Balaban J connectivity index is 1.83. The molecular weight excluding hydrogens is 440 g/mol. The lowest BCUT2D eigenvalue weighted by Gasteiger charge is -2.16. The molecule has 3 heterocycles. The second kappa shape index (κ2) is 8.98. The summed E-state index contributed by atoms with van der Waals surface area (Å²) in [6.45, 7) is 5.00. The SMILES string of the molecule is Cc1nc(-c2ccsc2)sc1C(=O)OCC(=O)c1c(N)n(CC(C)C)c(=O)n(C)c1=O. The maximum Gasteiger partial charge on any atom is 0.350 e. The van der Waals surface area contributed by atoms with Gasteiger partial charge in [0.25, 0.3) is 5.56 Å². The van der Waals surface area contributed by atoms with Gasteiger partial charge in [0.2, 0.25) is 5.78 Å². The smallest absolute Gasteiger partial charge is 0.350 e. The summed E-state index contributed by atoms with van der Waals surface area (Å²) in [4.78, 5) is 54.7. The molecule has 0 fully saturated rings. The van der Waals surface area contributed by atoms with Crippen LogP contribution < -0.4 is 17.0 Å². The summed E-state index contributed by atoms with van der Waals surface area (Å²) in [6, 6.07) is 1.90. The highest BCUT2D eigenvalue weighted by atomic mass is 32.1. The number of nitrogens with zero attached hydrogens (tertiary/aromatic N) is 3. The highest BCUT2D eigenvalue weighted by molar-refractivity contribution is 7.17. The number of aromatic nitrogens is 3. The lowest BCUT2D eigenvalue weighted by atomic mass is 10.1. The first kappa shape index (κ1) is 22.6. The van der Waals surface area contributed by atoms with Gasteiger partial charge >= 0.3 is 11.7 Å². The third-order valence-corrected chi connectivity index (χ3v) is 6.36. The van der Waals surface area contributed by atoms with Crippen LogP contribution in [0, 0.1) is 12.8 Å². The fraction of sp³-hybridized carbons (Fsp3) is 0.350. The molecule has 0 unspecified atom stereocenters. The number of thiazole rings is 1. The van der Waals surface area contributed by atoms with E-state index in [1.807, 2.05) is 30.7 Å². The van der Waals surface area contributed by atoms with Gasteiger partial charge in [0.05, 0.1) is 5.69 Å². The molecule has 0 aliphatic rings. The fourth-order valence-corrected chi connectivity index (χ4v) is 4.62. The van der Waals surface area contributed by atoms with Gasteiger partial charge in [-0.3, -0.25) is 18.7 Å². The Morgan fingerprint density at radius 1 is 1.29 bits per heavy atom. The molecule has 2 N–H and O–H groups in total. The standard InChI is InChI=1S/C20H22N4O5S2/c1-10(2)7-24-16(21)14(18(26)23(4)20(24)28)13(25)8-29-19(27)15-11(3)22-17(31-15)12-5-6-30-9-12/h5-6,9-10H,7-8,21H2,1-4H3. The molecule has 0 amide bonds. The van der Waals surface area contributed by atoms with Gasteiger partial charge in [0.15, 0.2) is 6.61 Å². The molecule has 164 valence electrons. The van der Waals surface area contributed by atoms with Crippen molar-refractivity contribution in [3.8, 4) is 10.6 Å². The minimum atomic E-state index is -0.822. The van der Waals surface area contributed by atoms with Crippen LogP contribution in [-0.2, 0) is 18.3 Å². The summed E-state index contributed by atoms with van der Waals surface area (Å²) in [5.74, 6) is -1.65. The molecular formula is C20H22N4O5S2. The van der Waals surface area contributed by atoms with Crippen LogP contribution in [0.15, 0.2) is 26.4 Å². The highest BCUT2D eigenvalue weighted by Gasteiger charge is 2.24. The third kappa shape index (κ3) is 4.52. The quantitative estimate of drug-likeness (QED) is 0.422. The van der Waals surface area contributed by atoms with Crippen molar-refractivity contribution in [2.75, 3.05) is 12.3 Å². The average Bonchev–Trinajstić information content (AvgIpc) is 3.37. The van der Waals surface area contributed by atoms with Crippen molar-refractivity contribution in [2.45, 2.75) is 27.3 Å². The fourth-order valence-electron chi connectivity index (χ4n) is 2.95. The summed E-state index contributed by atoms with van der Waals surface area (Å²) in [6.07, 6.45) is 0. The lowest BCUT2D eigenvalue weighted by Crippen LogP contribution is -2.43. The zero-order valence-electron chi connectivity index (χ0n) is 17.5. The number of hydrogen-bond donors (Lipinski definition) is 1. The number of carbonyl (C=O) groups is 2. The van der Waals surface area contributed by atoms with Crippen molar-refractivity contribution in [3.63, 3.8) is 0 Å². The summed E-state index contributed by atoms with van der Waals surface area (Å²) < 4.78 is 7.16. The van der Waals surface area contributed by atoms with E-state index in [4.69, 9.17) is 10.5 Å². The zero-order chi connectivity index (χ0) is 22.9. The van der Waals surface area contributed by atoms with Gasteiger partial charge in [-0.25, -0.2) is 14.6 Å². The van der Waals surface area contributed by atoms with Gasteiger partial charge in [-0.1, -0.05) is 13.8 Å². The third-order valence-electron chi connectivity index (χ3n) is 4.49. The van der Waals surface area contributed by atoms with E-state index in [1.165, 1.54) is 34.3 Å². The van der Waals surface area contributed by atoms with E-state index in [1.54, 1.807) is 6.92 Å². The molecule has 0 bridgehead atoms. The van der Waals surface area contributed by atoms with Crippen molar-refractivity contribution >= 4 is 40.2 Å². The van der Waals surface area contributed by atoms with Gasteiger partial charge in [0, 0.05) is 24.5 Å². The van der Waals surface area contributed by atoms with Crippen molar-refractivity contribution < 1.29 is 14.3 Å². The van der Waals surface area contributed by atoms with Gasteiger partial charge in [0.1, 0.15) is 21.3 Å². The van der Waals surface area contributed by atoms with Crippen LogP contribution in [0.1, 0.15) is 39.6 Å². The van der Waals surface area contributed by atoms with Gasteiger partial charge in [-0.2, -0.15) is 11.3 Å². The Hall–Kier alpha value is -3.05. The summed E-state index contributed by atoms with van der Waals surface area (Å²) in [5.41, 5.74) is 5.58. The number of hydrogen-bond acceptors (Lipinski definition) is 9. The number of esters is 1. The molecule has 0 saturated carbocycles. The second-order valence-corrected chi connectivity index (χ2v) is 9.14. The number of thiophene rings is 1. The first-order valence-corrected chi connectivity index (χ1v) is 11.2. The number of anilines is 1. The highest BCUT2D eigenvalue weighted by Crippen LogP contribution is 2.29. The maximum atomic E-state index is 12.7. The summed E-state index contributed by atoms with van der Waals surface area (Å²) >= 11 is 2.68. The molecule has 3 aromatic heterocycles. The molecule has 3 aromatic rings. The molecule has 0 aliphatic carbocycles. The number of ketones is 1.